The van der Waals surface area contributed by atoms with Crippen molar-refractivity contribution in [2.45, 2.75) is 26.3 Å². The second kappa shape index (κ2) is 7.21. The maximum absolute atomic E-state index is 6.03. The minimum Gasteiger partial charge on any atom is -0.306 e. The lowest BCUT2D eigenvalue weighted by Crippen LogP contribution is -2.23. The predicted molar refractivity (Wildman–Crippen MR) is 88.3 cm³/mol. The van der Waals surface area contributed by atoms with E-state index in [1.54, 1.807) is 0 Å². The Morgan fingerprint density at radius 3 is 2.70 bits per heavy atom. The van der Waals surface area contributed by atoms with Crippen LogP contribution < -0.4 is 5.32 Å². The number of rotatable bonds is 5. The topological polar surface area (TPSA) is 24.9 Å². The van der Waals surface area contributed by atoms with Crippen LogP contribution in [0.5, 0.6) is 0 Å². The van der Waals surface area contributed by atoms with Crippen molar-refractivity contribution in [3.63, 3.8) is 0 Å². The van der Waals surface area contributed by atoms with Gasteiger partial charge in [0.2, 0.25) is 0 Å². The Morgan fingerprint density at radius 1 is 1.30 bits per heavy atom. The van der Waals surface area contributed by atoms with Crippen molar-refractivity contribution in [1.82, 2.24) is 10.3 Å². The highest BCUT2D eigenvalue weighted by atomic mass is 79.9. The Labute approximate surface area is 133 Å². The molecular formula is C16H18BrClN2. The number of aromatic nitrogens is 1. The molecule has 0 aliphatic carbocycles. The van der Waals surface area contributed by atoms with Crippen molar-refractivity contribution in [2.75, 3.05) is 6.54 Å². The minimum atomic E-state index is 0.120. The molecule has 1 atom stereocenters. The molecule has 0 fully saturated rings. The SMILES string of the molecule is CCCNC(c1ccc(C)nc1)c1ccc(Cl)cc1Br. The van der Waals surface area contributed by atoms with E-state index < -0.39 is 0 Å². The van der Waals surface area contributed by atoms with Gasteiger partial charge in [-0.25, -0.2) is 0 Å². The van der Waals surface area contributed by atoms with E-state index in [2.05, 4.69) is 45.3 Å². The maximum Gasteiger partial charge on any atom is 0.0603 e. The molecule has 1 aromatic carbocycles. The summed E-state index contributed by atoms with van der Waals surface area (Å²) in [4.78, 5) is 4.40. The Hall–Kier alpha value is -0.900. The van der Waals surface area contributed by atoms with Crippen LogP contribution in [0.3, 0.4) is 0 Å². The van der Waals surface area contributed by atoms with Crippen molar-refractivity contribution in [3.8, 4) is 0 Å². The van der Waals surface area contributed by atoms with Crippen LogP contribution in [0.25, 0.3) is 0 Å². The second-order valence-corrected chi connectivity index (χ2v) is 6.08. The molecule has 2 rings (SSSR count). The highest BCUT2D eigenvalue weighted by Crippen LogP contribution is 2.30. The molecule has 1 N–H and O–H groups in total. The molecule has 1 aromatic heterocycles. The van der Waals surface area contributed by atoms with Crippen LogP contribution in [0.2, 0.25) is 5.02 Å². The van der Waals surface area contributed by atoms with Crippen molar-refractivity contribution >= 4 is 27.5 Å². The predicted octanol–water partition coefficient (Wildman–Crippen LogP) is 4.89. The standard InChI is InChI=1S/C16H18BrClN2/c1-3-8-19-16(12-5-4-11(2)20-10-12)14-7-6-13(18)9-15(14)17/h4-7,9-10,16,19H,3,8H2,1-2H3. The number of halogens is 2. The van der Waals surface area contributed by atoms with Gasteiger partial charge in [0.25, 0.3) is 0 Å². The highest BCUT2D eigenvalue weighted by Gasteiger charge is 2.16. The van der Waals surface area contributed by atoms with E-state index in [1.807, 2.05) is 31.3 Å². The first-order chi connectivity index (χ1) is 9.61. The van der Waals surface area contributed by atoms with E-state index in [9.17, 15) is 0 Å². The lowest BCUT2D eigenvalue weighted by atomic mass is 10.00. The third kappa shape index (κ3) is 3.81. The molecule has 0 spiro atoms. The Kier molecular flexibility index (Phi) is 5.58. The van der Waals surface area contributed by atoms with Gasteiger partial charge in [-0.1, -0.05) is 46.6 Å². The number of hydrogen-bond acceptors (Lipinski definition) is 2. The summed E-state index contributed by atoms with van der Waals surface area (Å²) in [6.45, 7) is 5.11. The summed E-state index contributed by atoms with van der Waals surface area (Å²) < 4.78 is 1.01. The summed E-state index contributed by atoms with van der Waals surface area (Å²) in [7, 11) is 0. The van der Waals surface area contributed by atoms with Gasteiger partial charge in [-0.3, -0.25) is 4.98 Å². The first kappa shape index (κ1) is 15.5. The van der Waals surface area contributed by atoms with Crippen LogP contribution in [0.1, 0.15) is 36.2 Å². The second-order valence-electron chi connectivity index (χ2n) is 4.79. The molecule has 4 heteroatoms. The van der Waals surface area contributed by atoms with Crippen LogP contribution in [0.4, 0.5) is 0 Å². The van der Waals surface area contributed by atoms with E-state index >= 15 is 0 Å². The molecule has 0 aliphatic heterocycles. The van der Waals surface area contributed by atoms with Crippen LogP contribution in [-0.2, 0) is 0 Å². The quantitative estimate of drug-likeness (QED) is 0.827. The third-order valence-electron chi connectivity index (χ3n) is 3.14. The summed E-state index contributed by atoms with van der Waals surface area (Å²) >= 11 is 9.64. The van der Waals surface area contributed by atoms with E-state index in [1.165, 1.54) is 5.56 Å². The smallest absolute Gasteiger partial charge is 0.0603 e. The minimum absolute atomic E-state index is 0.120. The fourth-order valence-corrected chi connectivity index (χ4v) is 2.99. The van der Waals surface area contributed by atoms with E-state index in [0.717, 1.165) is 33.7 Å². The monoisotopic (exact) mass is 352 g/mol. The average Bonchev–Trinajstić information content (AvgIpc) is 2.42. The van der Waals surface area contributed by atoms with Crippen LogP contribution >= 0.6 is 27.5 Å². The number of aryl methyl sites for hydroxylation is 1. The van der Waals surface area contributed by atoms with Crippen molar-refractivity contribution in [1.29, 1.82) is 0 Å². The van der Waals surface area contributed by atoms with Gasteiger partial charge in [-0.15, -0.1) is 0 Å². The van der Waals surface area contributed by atoms with Crippen LogP contribution in [0.15, 0.2) is 41.0 Å². The van der Waals surface area contributed by atoms with Crippen molar-refractivity contribution in [2.24, 2.45) is 0 Å². The van der Waals surface area contributed by atoms with E-state index in [-0.39, 0.29) is 6.04 Å². The van der Waals surface area contributed by atoms with E-state index in [0.29, 0.717) is 0 Å². The Morgan fingerprint density at radius 2 is 2.10 bits per heavy atom. The van der Waals surface area contributed by atoms with Crippen molar-refractivity contribution in [3.05, 3.63) is 62.8 Å². The zero-order valence-corrected chi connectivity index (χ0v) is 14.0. The number of nitrogens with one attached hydrogen (secondary N) is 1. The van der Waals surface area contributed by atoms with Crippen LogP contribution in [-0.4, -0.2) is 11.5 Å². The molecule has 0 bridgehead atoms. The molecule has 20 heavy (non-hydrogen) atoms. The summed E-state index contributed by atoms with van der Waals surface area (Å²) in [5.74, 6) is 0. The molecule has 1 unspecified atom stereocenters. The van der Waals surface area contributed by atoms with Gasteiger partial charge in [0.05, 0.1) is 6.04 Å². The lowest BCUT2D eigenvalue weighted by molar-refractivity contribution is 0.595. The molecule has 1 heterocycles. The average molecular weight is 354 g/mol. The molecule has 106 valence electrons. The molecule has 0 aliphatic rings. The molecule has 0 saturated heterocycles. The third-order valence-corrected chi connectivity index (χ3v) is 4.06. The van der Waals surface area contributed by atoms with Gasteiger partial charge >= 0.3 is 0 Å². The van der Waals surface area contributed by atoms with Gasteiger partial charge in [0, 0.05) is 21.4 Å². The van der Waals surface area contributed by atoms with Gasteiger partial charge < -0.3 is 5.32 Å². The zero-order chi connectivity index (χ0) is 14.5. The first-order valence-electron chi connectivity index (χ1n) is 6.72. The molecule has 0 radical (unpaired) electrons. The van der Waals surface area contributed by atoms with Gasteiger partial charge in [0.1, 0.15) is 0 Å². The number of nitrogens with zero attached hydrogens (tertiary/aromatic N) is 1. The van der Waals surface area contributed by atoms with Gasteiger partial charge in [0.15, 0.2) is 0 Å². The lowest BCUT2D eigenvalue weighted by Gasteiger charge is -2.21. The largest absolute Gasteiger partial charge is 0.306 e. The Balaban J connectivity index is 2.38. The molecule has 0 saturated carbocycles. The fourth-order valence-electron chi connectivity index (χ4n) is 2.08. The molecule has 2 aromatic rings. The summed E-state index contributed by atoms with van der Waals surface area (Å²) in [5, 5.41) is 4.30. The first-order valence-corrected chi connectivity index (χ1v) is 7.89. The molecule has 0 amide bonds. The van der Waals surface area contributed by atoms with Gasteiger partial charge in [-0.05, 0) is 49.2 Å². The van der Waals surface area contributed by atoms with E-state index in [4.69, 9.17) is 11.6 Å². The summed E-state index contributed by atoms with van der Waals surface area (Å²) in [6, 6.07) is 10.2. The normalized spacial score (nSPS) is 12.4. The maximum atomic E-state index is 6.03. The van der Waals surface area contributed by atoms with Crippen molar-refractivity contribution < 1.29 is 0 Å². The summed E-state index contributed by atoms with van der Waals surface area (Å²) in [6.07, 6.45) is 3.02. The van der Waals surface area contributed by atoms with Crippen LogP contribution in [0, 0.1) is 6.92 Å². The zero-order valence-electron chi connectivity index (χ0n) is 11.7. The molecular weight excluding hydrogens is 336 g/mol. The van der Waals surface area contributed by atoms with Gasteiger partial charge in [-0.2, -0.15) is 0 Å². The Bertz CT molecular complexity index is 569. The highest BCUT2D eigenvalue weighted by molar-refractivity contribution is 9.10. The molecule has 2 nitrogen and oxygen atoms in total. The fraction of sp³-hybridized carbons (Fsp3) is 0.312. The number of hydrogen-bond donors (Lipinski definition) is 1. The number of pyridine rings is 1. The number of benzene rings is 1. The summed E-state index contributed by atoms with van der Waals surface area (Å²) in [5.41, 5.74) is 3.36.